The zero-order chi connectivity index (χ0) is 18.7. The number of piperidine rings is 1. The van der Waals surface area contributed by atoms with Crippen LogP contribution >= 0.6 is 23.2 Å². The third kappa shape index (κ3) is 4.39. The van der Waals surface area contributed by atoms with Crippen LogP contribution in [0.2, 0.25) is 0 Å². The summed E-state index contributed by atoms with van der Waals surface area (Å²) in [7, 11) is 0. The lowest BCUT2D eigenvalue weighted by Crippen LogP contribution is -2.37. The minimum absolute atomic E-state index is 0.0899. The summed E-state index contributed by atoms with van der Waals surface area (Å²) in [5.74, 6) is -0.677. The lowest BCUT2D eigenvalue weighted by Gasteiger charge is -2.24. The molecule has 1 atom stereocenters. The van der Waals surface area contributed by atoms with Gasteiger partial charge in [-0.3, -0.25) is 9.69 Å². The molecule has 0 aliphatic carbocycles. The maximum atomic E-state index is 14.6. The molecule has 2 amide bonds. The van der Waals surface area contributed by atoms with Gasteiger partial charge in [-0.25, -0.2) is 9.18 Å². The first-order valence-electron chi connectivity index (χ1n) is 8.50. The van der Waals surface area contributed by atoms with Crippen LogP contribution in [0, 0.1) is 5.82 Å². The van der Waals surface area contributed by atoms with Gasteiger partial charge in [0, 0.05) is 0 Å². The molecule has 2 aliphatic rings. The number of halogens is 3. The van der Waals surface area contributed by atoms with Crippen molar-refractivity contribution in [2.75, 3.05) is 31.1 Å². The van der Waals surface area contributed by atoms with Gasteiger partial charge in [0.2, 0.25) is 0 Å². The minimum atomic E-state index is -1.18. The van der Waals surface area contributed by atoms with Crippen molar-refractivity contribution in [3.05, 3.63) is 29.6 Å². The zero-order valence-electron chi connectivity index (χ0n) is 14.0. The summed E-state index contributed by atoms with van der Waals surface area (Å²) in [5, 5.41) is 5.75. The summed E-state index contributed by atoms with van der Waals surface area (Å²) in [5.41, 5.74) is 1.12. The molecule has 3 rings (SSSR count). The minimum Gasteiger partial charge on any atom is -0.442 e. The molecule has 0 spiro atoms. The number of nitrogens with one attached hydrogen (secondary N) is 2. The fourth-order valence-electron chi connectivity index (χ4n) is 3.28. The fourth-order valence-corrected chi connectivity index (χ4v) is 3.43. The molecule has 0 aromatic heterocycles. The third-order valence-electron chi connectivity index (χ3n) is 4.65. The lowest BCUT2D eigenvalue weighted by molar-refractivity contribution is -0.119. The van der Waals surface area contributed by atoms with Gasteiger partial charge >= 0.3 is 6.09 Å². The summed E-state index contributed by atoms with van der Waals surface area (Å²) in [6.45, 7) is 2.06. The number of hydrogen-bond donors (Lipinski definition) is 2. The van der Waals surface area contributed by atoms with Crippen molar-refractivity contribution in [1.82, 2.24) is 10.6 Å². The van der Waals surface area contributed by atoms with Crippen LogP contribution in [0.15, 0.2) is 18.2 Å². The number of amides is 2. The summed E-state index contributed by atoms with van der Waals surface area (Å²) >= 11 is 10.9. The number of anilines is 1. The number of benzene rings is 1. The number of carbonyl (C=O) groups excluding carboxylic acids is 2. The highest BCUT2D eigenvalue weighted by molar-refractivity contribution is 6.53. The van der Waals surface area contributed by atoms with Gasteiger partial charge in [-0.2, -0.15) is 0 Å². The van der Waals surface area contributed by atoms with E-state index in [-0.39, 0.29) is 24.8 Å². The lowest BCUT2D eigenvalue weighted by atomic mass is 9.89. The zero-order valence-corrected chi connectivity index (χ0v) is 15.5. The molecule has 2 N–H and O–H groups in total. The standard InChI is InChI=1S/C17H20Cl2FN3O3/c18-15(19)16(24)22-8-12-9-23(17(25)26-12)11-1-2-13(14(20)7-11)10-3-5-21-6-4-10/h1-2,7,10,12,15,21H,3-6,8-9H2,(H,22,24). The Balaban J connectivity index is 1.64. The van der Waals surface area contributed by atoms with E-state index < -0.39 is 22.9 Å². The highest BCUT2D eigenvalue weighted by Crippen LogP contribution is 2.31. The SMILES string of the molecule is O=C(NCC1CN(c2ccc(C3CCNCC3)c(F)c2)C(=O)O1)C(Cl)Cl. The van der Waals surface area contributed by atoms with Crippen LogP contribution in [0.25, 0.3) is 0 Å². The van der Waals surface area contributed by atoms with Crippen LogP contribution in [0.5, 0.6) is 0 Å². The Morgan fingerprint density at radius 2 is 2.12 bits per heavy atom. The van der Waals surface area contributed by atoms with E-state index >= 15 is 0 Å². The average molecular weight is 404 g/mol. The molecular weight excluding hydrogens is 384 g/mol. The molecule has 2 saturated heterocycles. The molecule has 142 valence electrons. The second-order valence-electron chi connectivity index (χ2n) is 6.39. The first-order valence-corrected chi connectivity index (χ1v) is 9.37. The predicted octanol–water partition coefficient (Wildman–Crippen LogP) is 2.54. The van der Waals surface area contributed by atoms with Crippen LogP contribution in [-0.4, -0.2) is 49.1 Å². The van der Waals surface area contributed by atoms with Gasteiger partial charge in [0.15, 0.2) is 4.84 Å². The first kappa shape index (κ1) is 19.2. The van der Waals surface area contributed by atoms with Gasteiger partial charge in [-0.05, 0) is 49.5 Å². The Labute approximate surface area is 161 Å². The van der Waals surface area contributed by atoms with Crippen molar-refractivity contribution in [3.63, 3.8) is 0 Å². The van der Waals surface area contributed by atoms with E-state index in [4.69, 9.17) is 27.9 Å². The van der Waals surface area contributed by atoms with Gasteiger partial charge in [-0.15, -0.1) is 0 Å². The van der Waals surface area contributed by atoms with Crippen molar-refractivity contribution in [3.8, 4) is 0 Å². The molecule has 9 heteroatoms. The maximum Gasteiger partial charge on any atom is 0.414 e. The number of carbonyl (C=O) groups is 2. The van der Waals surface area contributed by atoms with Crippen molar-refractivity contribution >= 4 is 40.9 Å². The second kappa shape index (κ2) is 8.41. The molecule has 26 heavy (non-hydrogen) atoms. The van der Waals surface area contributed by atoms with Crippen molar-refractivity contribution < 1.29 is 18.7 Å². The van der Waals surface area contributed by atoms with Crippen LogP contribution in [-0.2, 0) is 9.53 Å². The van der Waals surface area contributed by atoms with Crippen LogP contribution < -0.4 is 15.5 Å². The summed E-state index contributed by atoms with van der Waals surface area (Å²) in [6, 6.07) is 4.85. The molecule has 2 heterocycles. The summed E-state index contributed by atoms with van der Waals surface area (Å²) < 4.78 is 19.8. The molecule has 2 aliphatic heterocycles. The molecule has 1 unspecified atom stereocenters. The Morgan fingerprint density at radius 1 is 1.38 bits per heavy atom. The number of ether oxygens (including phenoxy) is 1. The van der Waals surface area contributed by atoms with E-state index in [0.717, 1.165) is 25.9 Å². The number of alkyl halides is 2. The van der Waals surface area contributed by atoms with Crippen molar-refractivity contribution in [2.45, 2.75) is 29.7 Å². The highest BCUT2D eigenvalue weighted by atomic mass is 35.5. The fraction of sp³-hybridized carbons (Fsp3) is 0.529. The van der Waals surface area contributed by atoms with E-state index in [1.54, 1.807) is 12.1 Å². The Hall–Kier alpha value is -1.57. The van der Waals surface area contributed by atoms with E-state index in [2.05, 4.69) is 10.6 Å². The van der Waals surface area contributed by atoms with E-state index in [0.29, 0.717) is 11.3 Å². The molecule has 2 fully saturated rings. The molecule has 1 aromatic carbocycles. The normalized spacial score (nSPS) is 21.2. The molecule has 6 nitrogen and oxygen atoms in total. The van der Waals surface area contributed by atoms with Gasteiger partial charge < -0.3 is 15.4 Å². The first-order chi connectivity index (χ1) is 12.5. The Morgan fingerprint density at radius 3 is 2.77 bits per heavy atom. The topological polar surface area (TPSA) is 70.7 Å². The largest absolute Gasteiger partial charge is 0.442 e. The predicted molar refractivity (Wildman–Crippen MR) is 97.4 cm³/mol. The third-order valence-corrected chi connectivity index (χ3v) is 5.05. The quantitative estimate of drug-likeness (QED) is 0.741. The van der Waals surface area contributed by atoms with Gasteiger partial charge in [0.25, 0.3) is 5.91 Å². The molecule has 1 aromatic rings. The van der Waals surface area contributed by atoms with Gasteiger partial charge in [0.1, 0.15) is 11.9 Å². The molecule has 0 bridgehead atoms. The number of hydrogen-bond acceptors (Lipinski definition) is 4. The van der Waals surface area contributed by atoms with Crippen molar-refractivity contribution in [1.29, 1.82) is 0 Å². The summed E-state index contributed by atoms with van der Waals surface area (Å²) in [6.07, 6.45) is 0.662. The number of rotatable bonds is 5. The molecule has 0 radical (unpaired) electrons. The molecular formula is C17H20Cl2FN3O3. The monoisotopic (exact) mass is 403 g/mol. The smallest absolute Gasteiger partial charge is 0.414 e. The van der Waals surface area contributed by atoms with Gasteiger partial charge in [-0.1, -0.05) is 29.3 Å². The average Bonchev–Trinajstić information content (AvgIpc) is 3.01. The van der Waals surface area contributed by atoms with Gasteiger partial charge in [0.05, 0.1) is 18.8 Å². The summed E-state index contributed by atoms with van der Waals surface area (Å²) in [4.78, 5) is 23.6. The van der Waals surface area contributed by atoms with Crippen LogP contribution in [0.1, 0.15) is 24.3 Å². The number of nitrogens with zero attached hydrogens (tertiary/aromatic N) is 1. The van der Waals surface area contributed by atoms with E-state index in [9.17, 15) is 14.0 Å². The van der Waals surface area contributed by atoms with Crippen LogP contribution in [0.3, 0.4) is 0 Å². The molecule has 0 saturated carbocycles. The highest BCUT2D eigenvalue weighted by Gasteiger charge is 2.33. The Kier molecular flexibility index (Phi) is 6.21. The maximum absolute atomic E-state index is 14.6. The van der Waals surface area contributed by atoms with E-state index in [1.807, 2.05) is 0 Å². The Bertz CT molecular complexity index is 683. The van der Waals surface area contributed by atoms with Crippen LogP contribution in [0.4, 0.5) is 14.9 Å². The van der Waals surface area contributed by atoms with E-state index in [1.165, 1.54) is 11.0 Å². The second-order valence-corrected chi connectivity index (χ2v) is 7.49. The number of cyclic esters (lactones) is 1. The van der Waals surface area contributed by atoms with Crippen molar-refractivity contribution in [2.24, 2.45) is 0 Å².